The molecule has 2 heteroatoms. The zero-order valence-electron chi connectivity index (χ0n) is 12.8. The van der Waals surface area contributed by atoms with Gasteiger partial charge in [0.2, 0.25) is 0 Å². The highest BCUT2D eigenvalue weighted by atomic mass is 15.1. The second-order valence-electron chi connectivity index (χ2n) is 5.60. The summed E-state index contributed by atoms with van der Waals surface area (Å²) >= 11 is 0. The predicted molar refractivity (Wildman–Crippen MR) is 89.4 cm³/mol. The van der Waals surface area contributed by atoms with Crippen LogP contribution in [0, 0.1) is 6.92 Å². The van der Waals surface area contributed by atoms with Crippen LogP contribution in [0.3, 0.4) is 0 Å². The van der Waals surface area contributed by atoms with E-state index in [0.717, 1.165) is 17.9 Å². The van der Waals surface area contributed by atoms with E-state index in [4.69, 9.17) is 4.98 Å². The molecule has 21 heavy (non-hydrogen) atoms. The Hall–Kier alpha value is -2.09. The molecule has 0 fully saturated rings. The molecule has 3 rings (SSSR count). The van der Waals surface area contributed by atoms with Crippen LogP contribution in [0.5, 0.6) is 0 Å². The second-order valence-corrected chi connectivity index (χ2v) is 5.60. The van der Waals surface area contributed by atoms with Crippen LogP contribution < -0.4 is 0 Å². The molecule has 2 aromatic carbocycles. The van der Waals surface area contributed by atoms with Gasteiger partial charge < -0.3 is 4.57 Å². The maximum atomic E-state index is 4.89. The fourth-order valence-electron chi connectivity index (χ4n) is 2.85. The van der Waals surface area contributed by atoms with E-state index in [0.29, 0.717) is 0 Å². The van der Waals surface area contributed by atoms with Crippen molar-refractivity contribution in [1.82, 2.24) is 9.55 Å². The lowest BCUT2D eigenvalue weighted by Crippen LogP contribution is -2.01. The molecule has 0 spiro atoms. The fourth-order valence-corrected chi connectivity index (χ4v) is 2.85. The molecule has 0 aliphatic rings. The molecular formula is C19H22N2. The number of imidazole rings is 1. The quantitative estimate of drug-likeness (QED) is 0.586. The molecule has 0 bridgehead atoms. The summed E-state index contributed by atoms with van der Waals surface area (Å²) in [5, 5.41) is 0. The van der Waals surface area contributed by atoms with Gasteiger partial charge in [-0.25, -0.2) is 4.98 Å². The summed E-state index contributed by atoms with van der Waals surface area (Å²) in [6.07, 6.45) is 3.71. The van der Waals surface area contributed by atoms with Crippen molar-refractivity contribution < 1.29 is 0 Å². The first-order chi connectivity index (χ1) is 10.3. The lowest BCUT2D eigenvalue weighted by atomic mass is 10.1. The van der Waals surface area contributed by atoms with E-state index in [1.54, 1.807) is 0 Å². The van der Waals surface area contributed by atoms with Crippen molar-refractivity contribution in [3.63, 3.8) is 0 Å². The molecule has 0 atom stereocenters. The molecule has 0 N–H and O–H groups in total. The Bertz CT molecular complexity index is 740. The minimum Gasteiger partial charge on any atom is -0.324 e. The van der Waals surface area contributed by atoms with E-state index < -0.39 is 0 Å². The van der Waals surface area contributed by atoms with Gasteiger partial charge in [-0.15, -0.1) is 0 Å². The van der Waals surface area contributed by atoms with E-state index in [2.05, 4.69) is 66.9 Å². The van der Waals surface area contributed by atoms with Gasteiger partial charge in [0, 0.05) is 12.1 Å². The fraction of sp³-hybridized carbons (Fsp3) is 0.316. The average molecular weight is 278 g/mol. The van der Waals surface area contributed by atoms with Crippen molar-refractivity contribution in [3.8, 4) is 11.4 Å². The topological polar surface area (TPSA) is 17.8 Å². The molecule has 0 saturated heterocycles. The molecule has 0 aliphatic heterocycles. The van der Waals surface area contributed by atoms with Crippen LogP contribution in [0.25, 0.3) is 22.4 Å². The van der Waals surface area contributed by atoms with Crippen LogP contribution in [0.4, 0.5) is 0 Å². The van der Waals surface area contributed by atoms with Crippen molar-refractivity contribution in [2.45, 2.75) is 39.7 Å². The van der Waals surface area contributed by atoms with Crippen LogP contribution in [-0.4, -0.2) is 9.55 Å². The molecule has 0 amide bonds. The zero-order valence-corrected chi connectivity index (χ0v) is 12.8. The third-order valence-electron chi connectivity index (χ3n) is 4.03. The summed E-state index contributed by atoms with van der Waals surface area (Å²) < 4.78 is 2.38. The molecule has 3 aromatic rings. The highest BCUT2D eigenvalue weighted by Gasteiger charge is 2.13. The normalized spacial score (nSPS) is 11.1. The number of rotatable bonds is 5. The zero-order chi connectivity index (χ0) is 14.7. The van der Waals surface area contributed by atoms with Gasteiger partial charge in [0.25, 0.3) is 0 Å². The van der Waals surface area contributed by atoms with E-state index in [9.17, 15) is 0 Å². The van der Waals surface area contributed by atoms with Gasteiger partial charge >= 0.3 is 0 Å². The highest BCUT2D eigenvalue weighted by molar-refractivity contribution is 5.81. The number of aromatic nitrogens is 2. The molecule has 1 heterocycles. The average Bonchev–Trinajstić information content (AvgIpc) is 2.87. The molecule has 108 valence electrons. The Labute approximate surface area is 126 Å². The monoisotopic (exact) mass is 278 g/mol. The van der Waals surface area contributed by atoms with Gasteiger partial charge in [0.15, 0.2) is 0 Å². The van der Waals surface area contributed by atoms with Crippen molar-refractivity contribution in [2.24, 2.45) is 0 Å². The largest absolute Gasteiger partial charge is 0.324 e. The minimum absolute atomic E-state index is 1.04. The van der Waals surface area contributed by atoms with Gasteiger partial charge in [0.05, 0.1) is 11.0 Å². The van der Waals surface area contributed by atoms with Crippen molar-refractivity contribution in [2.75, 3.05) is 0 Å². The Morgan fingerprint density at radius 3 is 2.52 bits per heavy atom. The molecule has 0 unspecified atom stereocenters. The Morgan fingerprint density at radius 2 is 1.71 bits per heavy atom. The summed E-state index contributed by atoms with van der Waals surface area (Å²) in [7, 11) is 0. The third-order valence-corrected chi connectivity index (χ3v) is 4.03. The summed E-state index contributed by atoms with van der Waals surface area (Å²) in [5.74, 6) is 1.10. The SMILES string of the molecule is CCCCCn1c(-c2ccccc2C)nc2ccccc21. The summed E-state index contributed by atoms with van der Waals surface area (Å²) in [6, 6.07) is 17.0. The van der Waals surface area contributed by atoms with Crippen LogP contribution in [0.1, 0.15) is 31.7 Å². The minimum atomic E-state index is 1.04. The molecular weight excluding hydrogens is 256 g/mol. The molecule has 0 radical (unpaired) electrons. The summed E-state index contributed by atoms with van der Waals surface area (Å²) in [6.45, 7) is 5.44. The number of fused-ring (bicyclic) bond motifs is 1. The molecule has 0 saturated carbocycles. The molecule has 1 aromatic heterocycles. The van der Waals surface area contributed by atoms with Crippen LogP contribution >= 0.6 is 0 Å². The first kappa shape index (κ1) is 13.9. The maximum Gasteiger partial charge on any atom is 0.141 e. The van der Waals surface area contributed by atoms with Crippen LogP contribution in [0.2, 0.25) is 0 Å². The summed E-state index contributed by atoms with van der Waals surface area (Å²) in [4.78, 5) is 4.89. The van der Waals surface area contributed by atoms with E-state index in [1.165, 1.54) is 35.9 Å². The van der Waals surface area contributed by atoms with E-state index >= 15 is 0 Å². The molecule has 2 nitrogen and oxygen atoms in total. The first-order valence-electron chi connectivity index (χ1n) is 7.82. The third kappa shape index (κ3) is 2.71. The Balaban J connectivity index is 2.12. The maximum absolute atomic E-state index is 4.89. The number of hydrogen-bond acceptors (Lipinski definition) is 1. The number of benzene rings is 2. The van der Waals surface area contributed by atoms with Crippen molar-refractivity contribution >= 4 is 11.0 Å². The first-order valence-corrected chi connectivity index (χ1v) is 7.82. The van der Waals surface area contributed by atoms with Gasteiger partial charge in [0.1, 0.15) is 5.82 Å². The van der Waals surface area contributed by atoms with Crippen LogP contribution in [0.15, 0.2) is 48.5 Å². The second kappa shape index (κ2) is 6.13. The number of para-hydroxylation sites is 2. The van der Waals surface area contributed by atoms with Gasteiger partial charge in [-0.1, -0.05) is 56.2 Å². The lowest BCUT2D eigenvalue weighted by Gasteiger charge is -2.10. The van der Waals surface area contributed by atoms with Gasteiger partial charge in [-0.3, -0.25) is 0 Å². The number of nitrogens with zero attached hydrogens (tertiary/aromatic N) is 2. The highest BCUT2D eigenvalue weighted by Crippen LogP contribution is 2.27. The van der Waals surface area contributed by atoms with Crippen molar-refractivity contribution in [3.05, 3.63) is 54.1 Å². The van der Waals surface area contributed by atoms with Gasteiger partial charge in [-0.05, 0) is 31.0 Å². The number of aryl methyl sites for hydroxylation is 2. The smallest absolute Gasteiger partial charge is 0.141 e. The predicted octanol–water partition coefficient (Wildman–Crippen LogP) is 5.20. The molecule has 0 aliphatic carbocycles. The number of unbranched alkanes of at least 4 members (excludes halogenated alkanes) is 2. The van der Waals surface area contributed by atoms with Gasteiger partial charge in [-0.2, -0.15) is 0 Å². The van der Waals surface area contributed by atoms with E-state index in [-0.39, 0.29) is 0 Å². The standard InChI is InChI=1S/C19H22N2/c1-3-4-9-14-21-18-13-8-7-12-17(18)20-19(21)16-11-6-5-10-15(16)2/h5-8,10-13H,3-4,9,14H2,1-2H3. The lowest BCUT2D eigenvalue weighted by molar-refractivity contribution is 0.617. The summed E-state index contributed by atoms with van der Waals surface area (Å²) in [5.41, 5.74) is 4.86. The Morgan fingerprint density at radius 1 is 0.952 bits per heavy atom. The van der Waals surface area contributed by atoms with Crippen molar-refractivity contribution in [1.29, 1.82) is 0 Å². The van der Waals surface area contributed by atoms with E-state index in [1.807, 2.05) is 0 Å². The Kier molecular flexibility index (Phi) is 4.05. The van der Waals surface area contributed by atoms with Crippen LogP contribution in [-0.2, 0) is 6.54 Å². The number of hydrogen-bond donors (Lipinski definition) is 0.